The van der Waals surface area contributed by atoms with Crippen LogP contribution in [0.1, 0.15) is 25.1 Å². The molecule has 0 saturated heterocycles. The zero-order valence-electron chi connectivity index (χ0n) is 8.55. The van der Waals surface area contributed by atoms with Gasteiger partial charge in [0.25, 0.3) is 5.89 Å². The van der Waals surface area contributed by atoms with Crippen LogP contribution < -0.4 is 5.73 Å². The van der Waals surface area contributed by atoms with Gasteiger partial charge < -0.3 is 10.3 Å². The first kappa shape index (κ1) is 11.6. The average molecular weight is 258 g/mol. The van der Waals surface area contributed by atoms with Crippen molar-refractivity contribution in [2.75, 3.05) is 0 Å². The highest BCUT2D eigenvalue weighted by Gasteiger charge is 2.39. The molecule has 4 nitrogen and oxygen atoms in total. The van der Waals surface area contributed by atoms with Crippen molar-refractivity contribution in [2.45, 2.75) is 24.8 Å². The van der Waals surface area contributed by atoms with Gasteiger partial charge in [-0.1, -0.05) is 5.16 Å². The van der Waals surface area contributed by atoms with Gasteiger partial charge in [-0.05, 0) is 30.7 Å². The van der Waals surface area contributed by atoms with Crippen LogP contribution in [0.4, 0.5) is 0 Å². The smallest absolute Gasteiger partial charge is 0.258 e. The molecular weight excluding hydrogens is 246 g/mol. The van der Waals surface area contributed by atoms with Crippen LogP contribution in [-0.2, 0) is 5.54 Å². The van der Waals surface area contributed by atoms with Gasteiger partial charge in [-0.2, -0.15) is 16.3 Å². The summed E-state index contributed by atoms with van der Waals surface area (Å²) in [6, 6.07) is 1.96. The number of halogens is 1. The summed E-state index contributed by atoms with van der Waals surface area (Å²) in [7, 11) is 0. The van der Waals surface area contributed by atoms with Crippen molar-refractivity contribution in [3.8, 4) is 11.5 Å². The van der Waals surface area contributed by atoms with E-state index in [-0.39, 0.29) is 17.9 Å². The highest BCUT2D eigenvalue weighted by atomic mass is 35.5. The molecule has 16 heavy (non-hydrogen) atoms. The van der Waals surface area contributed by atoms with Crippen LogP contribution in [0.25, 0.3) is 11.5 Å². The van der Waals surface area contributed by atoms with Crippen molar-refractivity contribution >= 4 is 23.7 Å². The first-order chi connectivity index (χ1) is 7.28. The maximum absolute atomic E-state index is 6.11. The van der Waals surface area contributed by atoms with Crippen molar-refractivity contribution in [3.63, 3.8) is 0 Å². The molecule has 6 heteroatoms. The Kier molecular flexibility index (Phi) is 3.01. The Labute approximate surface area is 103 Å². The molecule has 0 spiro atoms. The van der Waals surface area contributed by atoms with Gasteiger partial charge in [-0.25, -0.2) is 0 Å². The summed E-state index contributed by atoms with van der Waals surface area (Å²) in [4.78, 5) is 4.35. The van der Waals surface area contributed by atoms with Crippen LogP contribution >= 0.6 is 23.7 Å². The van der Waals surface area contributed by atoms with Crippen LogP contribution in [0.3, 0.4) is 0 Å². The van der Waals surface area contributed by atoms with Gasteiger partial charge in [-0.15, -0.1) is 12.4 Å². The summed E-state index contributed by atoms with van der Waals surface area (Å²) in [5, 5.41) is 7.93. The zero-order chi connectivity index (χ0) is 10.3. The first-order valence-corrected chi connectivity index (χ1v) is 5.88. The summed E-state index contributed by atoms with van der Waals surface area (Å²) in [5.41, 5.74) is 6.75. The van der Waals surface area contributed by atoms with E-state index >= 15 is 0 Å². The van der Waals surface area contributed by atoms with Gasteiger partial charge >= 0.3 is 0 Å². The van der Waals surface area contributed by atoms with Gasteiger partial charge in [0.15, 0.2) is 5.82 Å². The summed E-state index contributed by atoms with van der Waals surface area (Å²) in [6.45, 7) is 0. The van der Waals surface area contributed by atoms with Crippen molar-refractivity contribution in [1.29, 1.82) is 0 Å². The third-order valence-corrected chi connectivity index (χ3v) is 3.57. The normalized spacial score (nSPS) is 17.6. The molecule has 0 aromatic carbocycles. The molecule has 86 valence electrons. The minimum absolute atomic E-state index is 0. The number of nitrogens with zero attached hydrogens (tertiary/aromatic N) is 2. The molecule has 1 aliphatic carbocycles. The monoisotopic (exact) mass is 257 g/mol. The standard InChI is InChI=1S/C10H11N3OS.ClH/c11-10(3-1-4-10)9-12-8(14-13-9)7-2-5-15-6-7;/h2,5-6H,1,3-4,11H2;1H. The van der Waals surface area contributed by atoms with Crippen molar-refractivity contribution in [1.82, 2.24) is 10.1 Å². The van der Waals surface area contributed by atoms with Crippen LogP contribution in [0.15, 0.2) is 21.3 Å². The second-order valence-electron chi connectivity index (χ2n) is 3.94. The van der Waals surface area contributed by atoms with E-state index in [1.54, 1.807) is 11.3 Å². The number of hydrogen-bond donors (Lipinski definition) is 1. The van der Waals surface area contributed by atoms with E-state index in [2.05, 4.69) is 10.1 Å². The van der Waals surface area contributed by atoms with Crippen LogP contribution in [0, 0.1) is 0 Å². The third kappa shape index (κ3) is 1.75. The van der Waals surface area contributed by atoms with Crippen LogP contribution in [0.2, 0.25) is 0 Å². The lowest BCUT2D eigenvalue weighted by molar-refractivity contribution is 0.229. The summed E-state index contributed by atoms with van der Waals surface area (Å²) in [5.74, 6) is 1.22. The van der Waals surface area contributed by atoms with Crippen molar-refractivity contribution in [3.05, 3.63) is 22.7 Å². The van der Waals surface area contributed by atoms with E-state index in [1.807, 2.05) is 16.8 Å². The summed E-state index contributed by atoms with van der Waals surface area (Å²) < 4.78 is 5.20. The lowest BCUT2D eigenvalue weighted by Gasteiger charge is -2.34. The molecule has 0 amide bonds. The van der Waals surface area contributed by atoms with E-state index in [1.165, 1.54) is 0 Å². The van der Waals surface area contributed by atoms with E-state index in [4.69, 9.17) is 10.3 Å². The minimum atomic E-state index is -0.336. The molecule has 0 aliphatic heterocycles. The van der Waals surface area contributed by atoms with Gasteiger partial charge in [-0.3, -0.25) is 0 Å². The van der Waals surface area contributed by atoms with Gasteiger partial charge in [0.05, 0.1) is 11.1 Å². The fourth-order valence-corrected chi connectivity index (χ4v) is 2.34. The molecule has 2 aromatic heterocycles. The lowest BCUT2D eigenvalue weighted by Crippen LogP contribution is -2.44. The molecule has 1 aliphatic rings. The fourth-order valence-electron chi connectivity index (χ4n) is 1.71. The Morgan fingerprint density at radius 1 is 1.44 bits per heavy atom. The summed E-state index contributed by atoms with van der Waals surface area (Å²) >= 11 is 1.61. The van der Waals surface area contributed by atoms with Gasteiger partial charge in [0.1, 0.15) is 0 Å². The topological polar surface area (TPSA) is 64.9 Å². The molecule has 0 radical (unpaired) electrons. The number of aromatic nitrogens is 2. The van der Waals surface area contributed by atoms with Crippen LogP contribution in [0.5, 0.6) is 0 Å². The van der Waals surface area contributed by atoms with Crippen LogP contribution in [-0.4, -0.2) is 10.1 Å². The molecule has 2 N–H and O–H groups in total. The molecule has 0 atom stereocenters. The molecule has 3 rings (SSSR count). The lowest BCUT2D eigenvalue weighted by atomic mass is 9.77. The number of nitrogens with two attached hydrogens (primary N) is 1. The van der Waals surface area contributed by atoms with Crippen molar-refractivity contribution in [2.24, 2.45) is 5.73 Å². The van der Waals surface area contributed by atoms with E-state index < -0.39 is 0 Å². The summed E-state index contributed by atoms with van der Waals surface area (Å²) in [6.07, 6.45) is 3.06. The van der Waals surface area contributed by atoms with E-state index in [0.29, 0.717) is 11.7 Å². The number of rotatable bonds is 2. The first-order valence-electron chi connectivity index (χ1n) is 4.94. The number of hydrogen-bond acceptors (Lipinski definition) is 5. The average Bonchev–Trinajstić information content (AvgIpc) is 2.84. The predicted molar refractivity (Wildman–Crippen MR) is 64.6 cm³/mol. The fraction of sp³-hybridized carbons (Fsp3) is 0.400. The second-order valence-corrected chi connectivity index (χ2v) is 4.72. The third-order valence-electron chi connectivity index (χ3n) is 2.89. The minimum Gasteiger partial charge on any atom is -0.334 e. The highest BCUT2D eigenvalue weighted by Crippen LogP contribution is 2.37. The molecule has 2 heterocycles. The highest BCUT2D eigenvalue weighted by molar-refractivity contribution is 7.08. The van der Waals surface area contributed by atoms with E-state index in [0.717, 1.165) is 24.8 Å². The Balaban J connectivity index is 0.000000963. The maximum atomic E-state index is 6.11. The molecule has 1 fully saturated rings. The van der Waals surface area contributed by atoms with Crippen molar-refractivity contribution < 1.29 is 4.52 Å². The largest absolute Gasteiger partial charge is 0.334 e. The predicted octanol–water partition coefficient (Wildman–Crippen LogP) is 2.56. The molecule has 1 saturated carbocycles. The Morgan fingerprint density at radius 2 is 2.25 bits per heavy atom. The molecule has 0 bridgehead atoms. The Morgan fingerprint density at radius 3 is 2.81 bits per heavy atom. The van der Waals surface area contributed by atoms with E-state index in [9.17, 15) is 0 Å². The SMILES string of the molecule is Cl.NC1(c2noc(-c3ccsc3)n2)CCC1. The molecule has 2 aromatic rings. The second kappa shape index (κ2) is 4.16. The molecule has 0 unspecified atom stereocenters. The molecular formula is C10H12ClN3OS. The Bertz CT molecular complexity index is 464. The zero-order valence-corrected chi connectivity index (χ0v) is 10.2. The van der Waals surface area contributed by atoms with Gasteiger partial charge in [0.2, 0.25) is 0 Å². The quantitative estimate of drug-likeness (QED) is 0.898. The maximum Gasteiger partial charge on any atom is 0.258 e. The van der Waals surface area contributed by atoms with Gasteiger partial charge in [0, 0.05) is 5.38 Å². The number of thiophene rings is 1. The Hall–Kier alpha value is -0.910.